The third-order valence-electron chi connectivity index (χ3n) is 5.41. The maximum absolute atomic E-state index is 12.6. The van der Waals surface area contributed by atoms with Gasteiger partial charge in [-0.3, -0.25) is 9.69 Å². The molecule has 0 aliphatic carbocycles. The minimum Gasteiger partial charge on any atom is -0.493 e. The third-order valence-corrected chi connectivity index (χ3v) is 6.35. The number of rotatable bonds is 8. The molecule has 1 saturated heterocycles. The zero-order valence-electron chi connectivity index (χ0n) is 17.8. The maximum atomic E-state index is 12.6. The molecule has 4 rings (SSSR count). The lowest BCUT2D eigenvalue weighted by atomic mass is 10.2. The summed E-state index contributed by atoms with van der Waals surface area (Å²) in [7, 11) is 3.23. The molecule has 7 heteroatoms. The standard InChI is InChI=1S/C24H27N3O3S/c1-29-21-9-8-18(12-22(21)30-2)24-26-20(16-31-24)13-23(28)25-19-10-11-27(15-19)14-17-6-4-3-5-7-17/h3-9,12,16,19H,10-11,13-15H2,1-2H3,(H,25,28)/t19-/m1/s1. The summed E-state index contributed by atoms with van der Waals surface area (Å²) in [5.74, 6) is 1.37. The van der Waals surface area contributed by atoms with Crippen molar-refractivity contribution in [1.82, 2.24) is 15.2 Å². The lowest BCUT2D eigenvalue weighted by molar-refractivity contribution is -0.121. The molecule has 0 spiro atoms. The fourth-order valence-corrected chi connectivity index (χ4v) is 4.69. The van der Waals surface area contributed by atoms with Gasteiger partial charge < -0.3 is 14.8 Å². The second-order valence-corrected chi connectivity index (χ2v) is 8.52. The number of nitrogens with one attached hydrogen (secondary N) is 1. The van der Waals surface area contributed by atoms with E-state index in [0.717, 1.165) is 42.3 Å². The summed E-state index contributed by atoms with van der Waals surface area (Å²) >= 11 is 1.53. The second kappa shape index (κ2) is 9.94. The summed E-state index contributed by atoms with van der Waals surface area (Å²) in [5, 5.41) is 5.98. The van der Waals surface area contributed by atoms with Crippen LogP contribution < -0.4 is 14.8 Å². The summed E-state index contributed by atoms with van der Waals surface area (Å²) in [6.45, 7) is 2.81. The fourth-order valence-electron chi connectivity index (χ4n) is 3.87. The topological polar surface area (TPSA) is 63.7 Å². The largest absolute Gasteiger partial charge is 0.493 e. The molecule has 3 aromatic rings. The van der Waals surface area contributed by atoms with Crippen LogP contribution in [0.4, 0.5) is 0 Å². The molecule has 0 bridgehead atoms. The van der Waals surface area contributed by atoms with Gasteiger partial charge in [-0.05, 0) is 30.2 Å². The van der Waals surface area contributed by atoms with Crippen LogP contribution in [0.3, 0.4) is 0 Å². The highest BCUT2D eigenvalue weighted by molar-refractivity contribution is 7.13. The van der Waals surface area contributed by atoms with Gasteiger partial charge in [-0.2, -0.15) is 0 Å². The molecular formula is C24H27N3O3S. The number of thiazole rings is 1. The molecule has 1 atom stereocenters. The molecule has 162 valence electrons. The van der Waals surface area contributed by atoms with Crippen molar-refractivity contribution in [3.63, 3.8) is 0 Å². The highest BCUT2D eigenvalue weighted by atomic mass is 32.1. The van der Waals surface area contributed by atoms with Crippen LogP contribution in [-0.2, 0) is 17.8 Å². The molecular weight excluding hydrogens is 410 g/mol. The summed E-state index contributed by atoms with van der Waals surface area (Å²) in [6, 6.07) is 16.4. The minimum absolute atomic E-state index is 0.0238. The van der Waals surface area contributed by atoms with Crippen molar-refractivity contribution in [2.24, 2.45) is 0 Å². The third kappa shape index (κ3) is 5.42. The van der Waals surface area contributed by atoms with E-state index < -0.39 is 0 Å². The van der Waals surface area contributed by atoms with Gasteiger partial charge in [0.25, 0.3) is 0 Å². The number of amides is 1. The van der Waals surface area contributed by atoms with Gasteiger partial charge in [0.2, 0.25) is 5.91 Å². The SMILES string of the molecule is COc1ccc(-c2nc(CC(=O)N[C@@H]3CCN(Cc4ccccc4)C3)cs2)cc1OC. The Bertz CT molecular complexity index is 1020. The molecule has 1 N–H and O–H groups in total. The van der Waals surface area contributed by atoms with E-state index in [9.17, 15) is 4.79 Å². The number of likely N-dealkylation sites (tertiary alicyclic amines) is 1. The molecule has 1 aliphatic rings. The van der Waals surface area contributed by atoms with Crippen LogP contribution in [-0.4, -0.2) is 49.1 Å². The van der Waals surface area contributed by atoms with Crippen LogP contribution in [0.25, 0.3) is 10.6 Å². The normalized spacial score (nSPS) is 16.3. The van der Waals surface area contributed by atoms with Gasteiger partial charge in [0, 0.05) is 36.6 Å². The van der Waals surface area contributed by atoms with E-state index in [0.29, 0.717) is 17.9 Å². The Hall–Kier alpha value is -2.90. The van der Waals surface area contributed by atoms with E-state index in [1.54, 1.807) is 14.2 Å². The Balaban J connectivity index is 1.30. The predicted molar refractivity (Wildman–Crippen MR) is 123 cm³/mol. The molecule has 0 saturated carbocycles. The first-order valence-electron chi connectivity index (χ1n) is 10.4. The number of hydrogen-bond donors (Lipinski definition) is 1. The Morgan fingerprint density at radius 1 is 1.16 bits per heavy atom. The number of methoxy groups -OCH3 is 2. The van der Waals surface area contributed by atoms with Crippen molar-refractivity contribution >= 4 is 17.2 Å². The highest BCUT2D eigenvalue weighted by Crippen LogP contribution is 2.33. The highest BCUT2D eigenvalue weighted by Gasteiger charge is 2.24. The van der Waals surface area contributed by atoms with Crippen molar-refractivity contribution < 1.29 is 14.3 Å². The van der Waals surface area contributed by atoms with Crippen molar-refractivity contribution in [1.29, 1.82) is 0 Å². The number of aromatic nitrogens is 1. The summed E-state index contributed by atoms with van der Waals surface area (Å²) in [4.78, 5) is 19.6. The molecule has 2 aromatic carbocycles. The van der Waals surface area contributed by atoms with Gasteiger partial charge in [-0.25, -0.2) is 4.98 Å². The van der Waals surface area contributed by atoms with Gasteiger partial charge in [-0.15, -0.1) is 11.3 Å². The summed E-state index contributed by atoms with van der Waals surface area (Å²) in [6.07, 6.45) is 1.27. The number of ether oxygens (including phenoxy) is 2. The van der Waals surface area contributed by atoms with Gasteiger partial charge in [-0.1, -0.05) is 30.3 Å². The molecule has 0 radical (unpaired) electrons. The van der Waals surface area contributed by atoms with Gasteiger partial charge in [0.05, 0.1) is 26.3 Å². The maximum Gasteiger partial charge on any atom is 0.226 e. The smallest absolute Gasteiger partial charge is 0.226 e. The quantitative estimate of drug-likeness (QED) is 0.581. The predicted octanol–water partition coefficient (Wildman–Crippen LogP) is 3.76. The average Bonchev–Trinajstić information content (AvgIpc) is 3.43. The minimum atomic E-state index is 0.0238. The van der Waals surface area contributed by atoms with E-state index in [4.69, 9.17) is 9.47 Å². The second-order valence-electron chi connectivity index (χ2n) is 7.66. The number of carbonyl (C=O) groups is 1. The van der Waals surface area contributed by atoms with E-state index in [2.05, 4.69) is 39.5 Å². The van der Waals surface area contributed by atoms with Crippen LogP contribution in [0, 0.1) is 0 Å². The fraction of sp³-hybridized carbons (Fsp3) is 0.333. The Kier molecular flexibility index (Phi) is 6.84. The summed E-state index contributed by atoms with van der Waals surface area (Å²) in [5.41, 5.74) is 3.03. The van der Waals surface area contributed by atoms with E-state index in [1.165, 1.54) is 16.9 Å². The first kappa shape index (κ1) is 21.3. The van der Waals surface area contributed by atoms with Crippen molar-refractivity contribution in [3.05, 3.63) is 65.2 Å². The van der Waals surface area contributed by atoms with Crippen LogP contribution in [0.2, 0.25) is 0 Å². The van der Waals surface area contributed by atoms with Crippen molar-refractivity contribution in [2.75, 3.05) is 27.3 Å². The van der Waals surface area contributed by atoms with Crippen LogP contribution in [0.5, 0.6) is 11.5 Å². The van der Waals surface area contributed by atoms with E-state index >= 15 is 0 Å². The Morgan fingerprint density at radius 2 is 1.97 bits per heavy atom. The first-order chi connectivity index (χ1) is 15.1. The molecule has 31 heavy (non-hydrogen) atoms. The zero-order valence-corrected chi connectivity index (χ0v) is 18.7. The molecule has 2 heterocycles. The number of benzene rings is 2. The number of nitrogens with zero attached hydrogens (tertiary/aromatic N) is 2. The molecule has 1 fully saturated rings. The van der Waals surface area contributed by atoms with Gasteiger partial charge in [0.1, 0.15) is 5.01 Å². The summed E-state index contributed by atoms with van der Waals surface area (Å²) < 4.78 is 10.7. The van der Waals surface area contributed by atoms with Crippen LogP contribution in [0.1, 0.15) is 17.7 Å². The lowest BCUT2D eigenvalue weighted by Crippen LogP contribution is -2.37. The van der Waals surface area contributed by atoms with Gasteiger partial charge >= 0.3 is 0 Å². The average molecular weight is 438 g/mol. The van der Waals surface area contributed by atoms with Crippen LogP contribution >= 0.6 is 11.3 Å². The van der Waals surface area contributed by atoms with E-state index in [1.807, 2.05) is 29.6 Å². The molecule has 1 aromatic heterocycles. The first-order valence-corrected chi connectivity index (χ1v) is 11.2. The Morgan fingerprint density at radius 3 is 2.74 bits per heavy atom. The molecule has 0 unspecified atom stereocenters. The molecule has 1 aliphatic heterocycles. The number of hydrogen-bond acceptors (Lipinski definition) is 6. The van der Waals surface area contributed by atoms with Crippen molar-refractivity contribution in [2.45, 2.75) is 25.4 Å². The molecule has 1 amide bonds. The van der Waals surface area contributed by atoms with E-state index in [-0.39, 0.29) is 11.9 Å². The number of carbonyl (C=O) groups excluding carboxylic acids is 1. The van der Waals surface area contributed by atoms with Crippen molar-refractivity contribution in [3.8, 4) is 22.1 Å². The Labute approximate surface area is 186 Å². The van der Waals surface area contributed by atoms with Gasteiger partial charge in [0.15, 0.2) is 11.5 Å². The molecule has 6 nitrogen and oxygen atoms in total. The lowest BCUT2D eigenvalue weighted by Gasteiger charge is -2.16. The zero-order chi connectivity index (χ0) is 21.6. The van der Waals surface area contributed by atoms with Crippen LogP contribution in [0.15, 0.2) is 53.9 Å². The monoisotopic (exact) mass is 437 g/mol.